The van der Waals surface area contributed by atoms with Crippen molar-refractivity contribution >= 4 is 46.2 Å². The first-order valence-electron chi connectivity index (χ1n) is 15.6. The normalized spacial score (nSPS) is 22.7. The molecule has 6 rings (SSSR count). The molecule has 240 valence electrons. The maximum Gasteiger partial charge on any atom is 0.377 e. The monoisotopic (exact) mass is 628 g/mol. The van der Waals surface area contributed by atoms with Crippen LogP contribution in [0.4, 0.5) is 0 Å². The number of methoxy groups -OCH3 is 1. The summed E-state index contributed by atoms with van der Waals surface area (Å²) in [5.74, 6) is -4.08. The molecule has 3 amide bonds. The van der Waals surface area contributed by atoms with E-state index in [1.165, 1.54) is 18.2 Å². The largest absolute Gasteiger partial charge is 0.496 e. The van der Waals surface area contributed by atoms with Gasteiger partial charge < -0.3 is 30.4 Å². The molecule has 12 heteroatoms. The molecule has 2 saturated heterocycles. The minimum absolute atomic E-state index is 0.0437. The number of nitrogens with one attached hydrogen (secondary N) is 3. The van der Waals surface area contributed by atoms with Crippen LogP contribution in [-0.4, -0.2) is 82.5 Å². The van der Waals surface area contributed by atoms with Gasteiger partial charge >= 0.3 is 5.97 Å². The minimum atomic E-state index is -1.64. The first-order chi connectivity index (χ1) is 22.2. The van der Waals surface area contributed by atoms with Crippen molar-refractivity contribution < 1.29 is 38.6 Å². The lowest BCUT2D eigenvalue weighted by Gasteiger charge is -2.29. The van der Waals surface area contributed by atoms with Gasteiger partial charge in [-0.15, -0.1) is 0 Å². The van der Waals surface area contributed by atoms with Crippen LogP contribution < -0.4 is 15.4 Å². The Morgan fingerprint density at radius 1 is 1.07 bits per heavy atom. The SMILES string of the molecule is COc1cccc2[nH]c(C(=O)N3C[C@@H]4CCC[C@@H]4[C@H]3C(=O)N[C@@H](C[C@@H]3CCNC3=O)C(=O)Cc3ccccc3C(=O)C(=O)O)cc12. The maximum absolute atomic E-state index is 14.2. The van der Waals surface area contributed by atoms with Crippen molar-refractivity contribution in [2.45, 2.75) is 50.6 Å². The summed E-state index contributed by atoms with van der Waals surface area (Å²) >= 11 is 0. The molecule has 0 spiro atoms. The molecule has 5 atom stereocenters. The number of ketones is 2. The van der Waals surface area contributed by atoms with Gasteiger partial charge in [0.2, 0.25) is 11.8 Å². The number of carboxylic acid groups (broad SMARTS) is 1. The van der Waals surface area contributed by atoms with Crippen LogP contribution in [0.1, 0.15) is 58.5 Å². The van der Waals surface area contributed by atoms with Crippen LogP contribution in [0.25, 0.3) is 10.9 Å². The lowest BCUT2D eigenvalue weighted by Crippen LogP contribution is -2.53. The van der Waals surface area contributed by atoms with Crippen LogP contribution in [0.2, 0.25) is 0 Å². The van der Waals surface area contributed by atoms with Crippen LogP contribution >= 0.6 is 0 Å². The molecule has 12 nitrogen and oxygen atoms in total. The van der Waals surface area contributed by atoms with Gasteiger partial charge in [-0.25, -0.2) is 4.79 Å². The summed E-state index contributed by atoms with van der Waals surface area (Å²) in [5, 5.41) is 15.7. The molecule has 3 aliphatic rings. The van der Waals surface area contributed by atoms with Gasteiger partial charge in [-0.05, 0) is 61.3 Å². The molecular formula is C34H36N4O8. The fraction of sp³-hybridized carbons (Fsp3) is 0.412. The van der Waals surface area contributed by atoms with E-state index in [0.29, 0.717) is 31.0 Å². The van der Waals surface area contributed by atoms with Crippen molar-refractivity contribution in [3.63, 3.8) is 0 Å². The molecule has 1 aromatic heterocycles. The van der Waals surface area contributed by atoms with Gasteiger partial charge in [-0.2, -0.15) is 0 Å². The van der Waals surface area contributed by atoms with Crippen LogP contribution in [0.3, 0.4) is 0 Å². The molecule has 46 heavy (non-hydrogen) atoms. The van der Waals surface area contributed by atoms with E-state index < -0.39 is 41.4 Å². The van der Waals surface area contributed by atoms with Crippen molar-refractivity contribution in [1.29, 1.82) is 0 Å². The zero-order valence-corrected chi connectivity index (χ0v) is 25.4. The highest BCUT2D eigenvalue weighted by Gasteiger charge is 2.50. The number of carbonyl (C=O) groups excluding carboxylic acids is 5. The molecule has 0 radical (unpaired) electrons. The van der Waals surface area contributed by atoms with E-state index in [1.807, 2.05) is 12.1 Å². The van der Waals surface area contributed by atoms with Crippen molar-refractivity contribution in [3.05, 3.63) is 65.4 Å². The molecule has 1 saturated carbocycles. The highest BCUT2D eigenvalue weighted by molar-refractivity contribution is 6.40. The zero-order valence-electron chi connectivity index (χ0n) is 25.4. The quantitative estimate of drug-likeness (QED) is 0.185. The first kappa shape index (κ1) is 31.0. The lowest BCUT2D eigenvalue weighted by atomic mass is 9.90. The molecule has 3 fully saturated rings. The van der Waals surface area contributed by atoms with Gasteiger partial charge in [-0.3, -0.25) is 24.0 Å². The van der Waals surface area contributed by atoms with Gasteiger partial charge in [-0.1, -0.05) is 36.8 Å². The number of Topliss-reactive ketones (excluding diaryl/α,β-unsaturated/α-hetero) is 2. The Balaban J connectivity index is 1.27. The third-order valence-electron chi connectivity index (χ3n) is 9.70. The first-order valence-corrected chi connectivity index (χ1v) is 15.6. The van der Waals surface area contributed by atoms with E-state index in [0.717, 1.165) is 30.2 Å². The topological polar surface area (TPSA) is 175 Å². The second-order valence-corrected chi connectivity index (χ2v) is 12.4. The smallest absolute Gasteiger partial charge is 0.377 e. The average molecular weight is 629 g/mol. The van der Waals surface area contributed by atoms with Gasteiger partial charge in [0.1, 0.15) is 17.5 Å². The molecule has 3 aromatic rings. The fourth-order valence-corrected chi connectivity index (χ4v) is 7.43. The Hall–Kier alpha value is -5.00. The predicted octanol–water partition coefficient (Wildman–Crippen LogP) is 2.51. The van der Waals surface area contributed by atoms with Crippen LogP contribution in [0, 0.1) is 17.8 Å². The Morgan fingerprint density at radius 2 is 1.87 bits per heavy atom. The van der Waals surface area contributed by atoms with E-state index >= 15 is 0 Å². The van der Waals surface area contributed by atoms with Crippen LogP contribution in [0.5, 0.6) is 5.75 Å². The van der Waals surface area contributed by atoms with Crippen molar-refractivity contribution in [2.75, 3.05) is 20.2 Å². The molecule has 0 bridgehead atoms. The number of nitrogens with zero attached hydrogens (tertiary/aromatic N) is 1. The van der Waals surface area contributed by atoms with E-state index in [4.69, 9.17) is 4.74 Å². The Bertz CT molecular complexity index is 1730. The predicted molar refractivity (Wildman–Crippen MR) is 165 cm³/mol. The lowest BCUT2D eigenvalue weighted by molar-refractivity contribution is -0.132. The number of benzene rings is 2. The van der Waals surface area contributed by atoms with E-state index in [-0.39, 0.29) is 47.6 Å². The number of likely N-dealkylation sites (tertiary alicyclic amines) is 1. The highest BCUT2D eigenvalue weighted by atomic mass is 16.5. The molecule has 2 aromatic carbocycles. The minimum Gasteiger partial charge on any atom is -0.496 e. The number of ether oxygens (including phenoxy) is 1. The molecule has 2 aliphatic heterocycles. The Morgan fingerprint density at radius 3 is 2.61 bits per heavy atom. The highest BCUT2D eigenvalue weighted by Crippen LogP contribution is 2.43. The summed E-state index contributed by atoms with van der Waals surface area (Å²) in [4.78, 5) is 83.0. The zero-order chi connectivity index (χ0) is 32.5. The number of amides is 3. The molecule has 4 N–H and O–H groups in total. The fourth-order valence-electron chi connectivity index (χ4n) is 7.43. The number of rotatable bonds is 11. The molecule has 1 aliphatic carbocycles. The van der Waals surface area contributed by atoms with E-state index in [9.17, 15) is 33.9 Å². The number of aliphatic carboxylic acids is 1. The molecule has 0 unspecified atom stereocenters. The third-order valence-corrected chi connectivity index (χ3v) is 9.70. The Kier molecular flexibility index (Phi) is 8.61. The summed E-state index contributed by atoms with van der Waals surface area (Å²) in [6.45, 7) is 0.862. The van der Waals surface area contributed by atoms with Crippen molar-refractivity contribution in [3.8, 4) is 5.75 Å². The maximum atomic E-state index is 14.2. The second-order valence-electron chi connectivity index (χ2n) is 12.4. The van der Waals surface area contributed by atoms with Gasteiger partial charge in [0.05, 0.1) is 13.2 Å². The number of H-pyrrole nitrogens is 1. The number of carbonyl (C=O) groups is 6. The molecular weight excluding hydrogens is 592 g/mol. The Labute approximate surface area is 264 Å². The van der Waals surface area contributed by atoms with Gasteiger partial charge in [0.25, 0.3) is 11.7 Å². The average Bonchev–Trinajstić information content (AvgIpc) is 3.84. The summed E-state index contributed by atoms with van der Waals surface area (Å²) in [6.07, 6.45) is 2.81. The second kappa shape index (κ2) is 12.8. The van der Waals surface area contributed by atoms with Crippen molar-refractivity contribution in [2.24, 2.45) is 17.8 Å². The van der Waals surface area contributed by atoms with Crippen LogP contribution in [-0.2, 0) is 25.6 Å². The number of carboxylic acids is 1. The third kappa shape index (κ3) is 5.86. The summed E-state index contributed by atoms with van der Waals surface area (Å²) in [5.41, 5.74) is 1.17. The van der Waals surface area contributed by atoms with E-state index in [2.05, 4.69) is 15.6 Å². The number of aromatic nitrogens is 1. The van der Waals surface area contributed by atoms with Gasteiger partial charge in [0, 0.05) is 41.9 Å². The summed E-state index contributed by atoms with van der Waals surface area (Å²) in [6, 6.07) is 11.2. The standard InChI is InChI=1S/C34H36N4O8/c1-46-28-11-5-10-24-23(28)16-26(36-24)33(43)38-17-20-7-4-9-21(20)29(38)32(42)37-25(14-19-12-13-35-31(19)41)27(39)15-18-6-2-3-8-22(18)30(40)34(44)45/h2-3,5-6,8,10-11,16,19-21,25,29,36H,4,7,9,12-15,17H2,1H3,(H,35,41)(H,37,42)(H,44,45)/t19-,20-,21-,25-,29-/m0/s1. The number of fused-ring (bicyclic) bond motifs is 2. The summed E-state index contributed by atoms with van der Waals surface area (Å²) in [7, 11) is 1.56. The van der Waals surface area contributed by atoms with Crippen molar-refractivity contribution in [1.82, 2.24) is 20.5 Å². The van der Waals surface area contributed by atoms with Gasteiger partial charge in [0.15, 0.2) is 5.78 Å². The summed E-state index contributed by atoms with van der Waals surface area (Å²) < 4.78 is 5.45. The number of aromatic amines is 1. The van der Waals surface area contributed by atoms with Crippen LogP contribution in [0.15, 0.2) is 48.5 Å². The van der Waals surface area contributed by atoms with E-state index in [1.54, 1.807) is 30.2 Å². The number of hydrogen-bond donors (Lipinski definition) is 4. The number of hydrogen-bond acceptors (Lipinski definition) is 7. The molecule has 3 heterocycles.